The molecule has 144 valence electrons. The van der Waals surface area contributed by atoms with Gasteiger partial charge in [-0.1, -0.05) is 17.7 Å². The lowest BCUT2D eigenvalue weighted by atomic mass is 10.1. The molecule has 3 rings (SSSR count). The molecule has 1 fully saturated rings. The van der Waals surface area contributed by atoms with Gasteiger partial charge in [-0.15, -0.1) is 0 Å². The largest absolute Gasteiger partial charge is 0.496 e. The van der Waals surface area contributed by atoms with E-state index in [2.05, 4.69) is 5.32 Å². The molecule has 0 aliphatic carbocycles. The van der Waals surface area contributed by atoms with Crippen LogP contribution in [0.25, 0.3) is 6.08 Å². The lowest BCUT2D eigenvalue weighted by Crippen LogP contribution is -2.54. The smallest absolute Gasteiger partial charge is 0.270 e. The summed E-state index contributed by atoms with van der Waals surface area (Å²) in [5.74, 6) is -0.552. The standard InChI is InChI=1S/C20H18ClN3O3S/c1-23(2)14-8-7-12(17(11-14)27-3)9-16-18(25)22-20(28)24(19(16)26)15-6-4-5-13(21)10-15/h4-11H,1-3H3,(H,22,25,28)/b16-9+. The summed E-state index contributed by atoms with van der Waals surface area (Å²) in [6, 6.07) is 12.2. The molecule has 0 unspecified atom stereocenters. The molecule has 8 heteroatoms. The van der Waals surface area contributed by atoms with E-state index in [1.54, 1.807) is 30.3 Å². The lowest BCUT2D eigenvalue weighted by molar-refractivity contribution is -0.122. The quantitative estimate of drug-likeness (QED) is 0.472. The van der Waals surface area contributed by atoms with E-state index in [4.69, 9.17) is 28.6 Å². The van der Waals surface area contributed by atoms with Gasteiger partial charge in [-0.3, -0.25) is 19.8 Å². The summed E-state index contributed by atoms with van der Waals surface area (Å²) in [6.45, 7) is 0. The average Bonchev–Trinajstić information content (AvgIpc) is 2.65. The zero-order valence-corrected chi connectivity index (χ0v) is 17.1. The first-order valence-corrected chi connectivity index (χ1v) is 9.13. The Hall–Kier alpha value is -2.90. The SMILES string of the molecule is COc1cc(N(C)C)ccc1/C=C1\C(=O)NC(=S)N(c2cccc(Cl)c2)C1=O. The number of benzene rings is 2. The molecule has 28 heavy (non-hydrogen) atoms. The number of thiocarbonyl (C=S) groups is 1. The molecule has 1 N–H and O–H groups in total. The Labute approximate surface area is 173 Å². The highest BCUT2D eigenvalue weighted by Gasteiger charge is 2.34. The Morgan fingerprint density at radius 3 is 2.57 bits per heavy atom. The van der Waals surface area contributed by atoms with Gasteiger partial charge < -0.3 is 9.64 Å². The molecule has 1 aliphatic rings. The Bertz CT molecular complexity index is 1000. The van der Waals surface area contributed by atoms with Crippen LogP contribution in [0.5, 0.6) is 5.75 Å². The molecule has 2 aromatic rings. The fourth-order valence-electron chi connectivity index (χ4n) is 2.76. The molecular formula is C20H18ClN3O3S. The van der Waals surface area contributed by atoms with Crippen molar-refractivity contribution >= 4 is 58.2 Å². The summed E-state index contributed by atoms with van der Waals surface area (Å²) in [7, 11) is 5.36. The molecular weight excluding hydrogens is 398 g/mol. The minimum Gasteiger partial charge on any atom is -0.496 e. The van der Waals surface area contributed by atoms with Gasteiger partial charge in [-0.25, -0.2) is 0 Å². The Balaban J connectivity index is 2.04. The van der Waals surface area contributed by atoms with Crippen molar-refractivity contribution in [3.63, 3.8) is 0 Å². The second kappa shape index (κ2) is 8.00. The van der Waals surface area contributed by atoms with Crippen molar-refractivity contribution in [2.45, 2.75) is 0 Å². The Kier molecular flexibility index (Phi) is 5.67. The van der Waals surface area contributed by atoms with Crippen LogP contribution in [-0.4, -0.2) is 38.1 Å². The maximum atomic E-state index is 13.1. The number of hydrogen-bond acceptors (Lipinski definition) is 5. The van der Waals surface area contributed by atoms with Crippen molar-refractivity contribution in [1.29, 1.82) is 0 Å². The van der Waals surface area contributed by atoms with Crippen LogP contribution in [0.4, 0.5) is 11.4 Å². The number of carbonyl (C=O) groups is 2. The van der Waals surface area contributed by atoms with Crippen LogP contribution < -0.4 is 19.9 Å². The van der Waals surface area contributed by atoms with Crippen LogP contribution in [0.15, 0.2) is 48.0 Å². The summed E-state index contributed by atoms with van der Waals surface area (Å²) >= 11 is 11.2. The van der Waals surface area contributed by atoms with E-state index in [9.17, 15) is 9.59 Å². The van der Waals surface area contributed by atoms with Gasteiger partial charge in [0.1, 0.15) is 11.3 Å². The second-order valence-electron chi connectivity index (χ2n) is 6.26. The molecule has 0 atom stereocenters. The van der Waals surface area contributed by atoms with Gasteiger partial charge in [0.05, 0.1) is 12.8 Å². The summed E-state index contributed by atoms with van der Waals surface area (Å²) in [5, 5.41) is 3.01. The molecule has 0 spiro atoms. The maximum absolute atomic E-state index is 13.1. The summed E-state index contributed by atoms with van der Waals surface area (Å²) in [6.07, 6.45) is 1.50. The Morgan fingerprint density at radius 1 is 1.18 bits per heavy atom. The molecule has 0 aromatic heterocycles. The number of anilines is 2. The summed E-state index contributed by atoms with van der Waals surface area (Å²) in [4.78, 5) is 28.7. The van der Waals surface area contributed by atoms with Gasteiger partial charge in [-0.05, 0) is 48.6 Å². The number of nitrogens with zero attached hydrogens (tertiary/aromatic N) is 2. The van der Waals surface area contributed by atoms with Gasteiger partial charge in [0, 0.05) is 36.4 Å². The van der Waals surface area contributed by atoms with Crippen molar-refractivity contribution < 1.29 is 14.3 Å². The normalized spacial score (nSPS) is 15.6. The highest BCUT2D eigenvalue weighted by atomic mass is 35.5. The molecule has 0 saturated carbocycles. The first-order valence-electron chi connectivity index (χ1n) is 8.34. The highest BCUT2D eigenvalue weighted by molar-refractivity contribution is 7.80. The van der Waals surface area contributed by atoms with Gasteiger partial charge in [0.15, 0.2) is 5.11 Å². The third kappa shape index (κ3) is 3.85. The third-order valence-corrected chi connectivity index (χ3v) is 4.72. The monoisotopic (exact) mass is 415 g/mol. The minimum atomic E-state index is -0.563. The van der Waals surface area contributed by atoms with Crippen LogP contribution in [0, 0.1) is 0 Å². The average molecular weight is 416 g/mol. The van der Waals surface area contributed by atoms with Gasteiger partial charge >= 0.3 is 0 Å². The number of ether oxygens (including phenoxy) is 1. The summed E-state index contributed by atoms with van der Waals surface area (Å²) in [5.41, 5.74) is 1.96. The zero-order valence-electron chi connectivity index (χ0n) is 15.5. The molecule has 1 aliphatic heterocycles. The number of halogens is 1. The molecule has 0 bridgehead atoms. The van der Waals surface area contributed by atoms with Crippen LogP contribution in [0.1, 0.15) is 5.56 Å². The van der Waals surface area contributed by atoms with Crippen molar-refractivity contribution in [2.75, 3.05) is 31.0 Å². The van der Waals surface area contributed by atoms with Crippen molar-refractivity contribution in [3.8, 4) is 5.75 Å². The van der Waals surface area contributed by atoms with E-state index < -0.39 is 11.8 Å². The fourth-order valence-corrected chi connectivity index (χ4v) is 3.23. The van der Waals surface area contributed by atoms with Gasteiger partial charge in [-0.2, -0.15) is 0 Å². The highest BCUT2D eigenvalue weighted by Crippen LogP contribution is 2.29. The number of rotatable bonds is 4. The third-order valence-electron chi connectivity index (χ3n) is 4.20. The number of nitrogens with one attached hydrogen (secondary N) is 1. The van der Waals surface area contributed by atoms with Crippen molar-refractivity contribution in [3.05, 3.63) is 58.6 Å². The van der Waals surface area contributed by atoms with E-state index in [1.165, 1.54) is 18.1 Å². The number of hydrogen-bond donors (Lipinski definition) is 1. The van der Waals surface area contributed by atoms with Gasteiger partial charge in [0.2, 0.25) is 0 Å². The van der Waals surface area contributed by atoms with Gasteiger partial charge in [0.25, 0.3) is 11.8 Å². The van der Waals surface area contributed by atoms with E-state index in [-0.39, 0.29) is 10.7 Å². The van der Waals surface area contributed by atoms with Crippen molar-refractivity contribution in [1.82, 2.24) is 5.32 Å². The first-order chi connectivity index (χ1) is 13.3. The van der Waals surface area contributed by atoms with E-state index in [0.717, 1.165) is 5.69 Å². The molecule has 1 heterocycles. The molecule has 2 aromatic carbocycles. The molecule has 6 nitrogen and oxygen atoms in total. The van der Waals surface area contributed by atoms with E-state index in [0.29, 0.717) is 22.0 Å². The predicted molar refractivity (Wildman–Crippen MR) is 115 cm³/mol. The van der Waals surface area contributed by atoms with Crippen LogP contribution in [0.2, 0.25) is 5.02 Å². The number of methoxy groups -OCH3 is 1. The molecule has 2 amide bonds. The maximum Gasteiger partial charge on any atom is 0.270 e. The first kappa shape index (κ1) is 19.9. The minimum absolute atomic E-state index is 0.00402. The fraction of sp³-hybridized carbons (Fsp3) is 0.150. The topological polar surface area (TPSA) is 61.9 Å². The summed E-state index contributed by atoms with van der Waals surface area (Å²) < 4.78 is 5.43. The lowest BCUT2D eigenvalue weighted by Gasteiger charge is -2.29. The Morgan fingerprint density at radius 2 is 1.93 bits per heavy atom. The second-order valence-corrected chi connectivity index (χ2v) is 7.08. The van der Waals surface area contributed by atoms with Crippen LogP contribution in [-0.2, 0) is 9.59 Å². The zero-order chi connectivity index (χ0) is 20.4. The van der Waals surface area contributed by atoms with Crippen molar-refractivity contribution in [2.24, 2.45) is 0 Å². The molecule has 0 radical (unpaired) electrons. The predicted octanol–water partition coefficient (Wildman–Crippen LogP) is 3.25. The van der Waals surface area contributed by atoms with Crippen LogP contribution in [0.3, 0.4) is 0 Å². The van der Waals surface area contributed by atoms with E-state index >= 15 is 0 Å². The van der Waals surface area contributed by atoms with E-state index in [1.807, 2.05) is 31.1 Å². The number of amides is 2. The van der Waals surface area contributed by atoms with Crippen LogP contribution >= 0.6 is 23.8 Å². The number of carbonyl (C=O) groups excluding carboxylic acids is 2. The molecule has 1 saturated heterocycles.